The van der Waals surface area contributed by atoms with Crippen LogP contribution in [0.2, 0.25) is 0 Å². The van der Waals surface area contributed by atoms with E-state index in [1.807, 2.05) is 24.3 Å². The molecule has 0 amide bonds. The number of hydrogen-bond acceptors (Lipinski definition) is 4. The minimum absolute atomic E-state index is 0. The zero-order chi connectivity index (χ0) is 14.0. The summed E-state index contributed by atoms with van der Waals surface area (Å²) < 4.78 is 0. The fourth-order valence-electron chi connectivity index (χ4n) is 3.10. The number of hydrogen-bond donors (Lipinski definition) is 4. The standard InChI is InChI=1S/C16H14N4.ClH/c17-11-5-13(19)9-3-4-10-14(20)6-12(18)8-2-1-7(11)15(9)16(8)10;/h1-6H,17-20H2;1H. The first-order chi connectivity index (χ1) is 9.58. The molecule has 4 aromatic rings. The molecule has 4 rings (SSSR count). The fraction of sp³-hybridized carbons (Fsp3) is 0. The molecule has 0 atom stereocenters. The predicted molar refractivity (Wildman–Crippen MR) is 95.0 cm³/mol. The smallest absolute Gasteiger partial charge is 0.0415 e. The van der Waals surface area contributed by atoms with Crippen LogP contribution in [0.5, 0.6) is 0 Å². The first kappa shape index (κ1) is 13.4. The summed E-state index contributed by atoms with van der Waals surface area (Å²) in [5, 5.41) is 6.01. The molecule has 0 saturated heterocycles. The van der Waals surface area contributed by atoms with Gasteiger partial charge in [0.05, 0.1) is 0 Å². The Bertz CT molecular complexity index is 840. The summed E-state index contributed by atoms with van der Waals surface area (Å²) in [5.41, 5.74) is 27.1. The molecule has 5 heteroatoms. The maximum absolute atomic E-state index is 6.10. The molecular weight excluding hydrogens is 284 g/mol. The van der Waals surface area contributed by atoms with Gasteiger partial charge in [0.2, 0.25) is 0 Å². The van der Waals surface area contributed by atoms with E-state index in [9.17, 15) is 0 Å². The molecule has 0 aliphatic rings. The Morgan fingerprint density at radius 3 is 0.952 bits per heavy atom. The molecule has 0 aromatic heterocycles. The van der Waals surface area contributed by atoms with Gasteiger partial charge in [0.1, 0.15) is 0 Å². The van der Waals surface area contributed by atoms with Gasteiger partial charge in [0, 0.05) is 55.1 Å². The monoisotopic (exact) mass is 298 g/mol. The molecule has 0 aliphatic carbocycles. The van der Waals surface area contributed by atoms with Gasteiger partial charge in [-0.2, -0.15) is 0 Å². The quantitative estimate of drug-likeness (QED) is 0.295. The lowest BCUT2D eigenvalue weighted by molar-refractivity contribution is 1.72. The van der Waals surface area contributed by atoms with Crippen molar-refractivity contribution in [1.82, 2.24) is 0 Å². The molecule has 0 unspecified atom stereocenters. The zero-order valence-electron chi connectivity index (χ0n) is 11.2. The lowest BCUT2D eigenvalue weighted by atomic mass is 9.91. The highest BCUT2D eigenvalue weighted by molar-refractivity contribution is 6.30. The molecule has 106 valence electrons. The molecule has 0 fully saturated rings. The second-order valence-corrected chi connectivity index (χ2v) is 5.18. The highest BCUT2D eigenvalue weighted by atomic mass is 35.5. The Morgan fingerprint density at radius 1 is 0.476 bits per heavy atom. The zero-order valence-corrected chi connectivity index (χ0v) is 12.0. The van der Waals surface area contributed by atoms with Crippen molar-refractivity contribution in [2.24, 2.45) is 0 Å². The van der Waals surface area contributed by atoms with Crippen LogP contribution in [0.15, 0.2) is 36.4 Å². The third kappa shape index (κ3) is 1.56. The average molecular weight is 299 g/mol. The van der Waals surface area contributed by atoms with Crippen LogP contribution in [0.3, 0.4) is 0 Å². The Morgan fingerprint density at radius 2 is 0.714 bits per heavy atom. The topological polar surface area (TPSA) is 104 Å². The van der Waals surface area contributed by atoms with Crippen LogP contribution in [-0.4, -0.2) is 0 Å². The normalized spacial score (nSPS) is 11.2. The van der Waals surface area contributed by atoms with Crippen LogP contribution < -0.4 is 22.9 Å². The molecule has 21 heavy (non-hydrogen) atoms. The summed E-state index contributed by atoms with van der Waals surface area (Å²) in [5.74, 6) is 0. The highest BCUT2D eigenvalue weighted by Gasteiger charge is 2.14. The van der Waals surface area contributed by atoms with Crippen molar-refractivity contribution in [1.29, 1.82) is 0 Å². The summed E-state index contributed by atoms with van der Waals surface area (Å²) >= 11 is 0. The summed E-state index contributed by atoms with van der Waals surface area (Å²) in [6, 6.07) is 11.6. The molecular formula is C16H15ClN4. The summed E-state index contributed by atoms with van der Waals surface area (Å²) in [7, 11) is 0. The van der Waals surface area contributed by atoms with Crippen LogP contribution in [0.4, 0.5) is 22.7 Å². The SMILES string of the molecule is Cl.Nc1cc(N)c2ccc3c(N)cc(N)c4ccc1c2c43. The lowest BCUT2D eigenvalue weighted by Crippen LogP contribution is -1.98. The van der Waals surface area contributed by atoms with Crippen molar-refractivity contribution >= 4 is 67.5 Å². The van der Waals surface area contributed by atoms with Crippen LogP contribution in [-0.2, 0) is 0 Å². The first-order valence-electron chi connectivity index (χ1n) is 6.38. The minimum Gasteiger partial charge on any atom is -0.398 e. The summed E-state index contributed by atoms with van der Waals surface area (Å²) in [4.78, 5) is 0. The van der Waals surface area contributed by atoms with E-state index in [4.69, 9.17) is 22.9 Å². The second kappa shape index (κ2) is 4.20. The van der Waals surface area contributed by atoms with Gasteiger partial charge < -0.3 is 22.9 Å². The highest BCUT2D eigenvalue weighted by Crippen LogP contribution is 2.42. The van der Waals surface area contributed by atoms with Crippen molar-refractivity contribution in [3.8, 4) is 0 Å². The maximum Gasteiger partial charge on any atom is 0.0415 e. The van der Waals surface area contributed by atoms with Crippen molar-refractivity contribution in [2.75, 3.05) is 22.9 Å². The Balaban J connectivity index is 0.00000132. The van der Waals surface area contributed by atoms with E-state index in [2.05, 4.69) is 0 Å². The molecule has 8 N–H and O–H groups in total. The number of rotatable bonds is 0. The molecule has 0 saturated carbocycles. The maximum atomic E-state index is 6.10. The van der Waals surface area contributed by atoms with Crippen LogP contribution in [0, 0.1) is 0 Å². The third-order valence-electron chi connectivity index (χ3n) is 4.03. The Hall–Kier alpha value is -2.59. The van der Waals surface area contributed by atoms with Gasteiger partial charge in [-0.15, -0.1) is 12.4 Å². The Kier molecular flexibility index (Phi) is 2.68. The van der Waals surface area contributed by atoms with Crippen molar-refractivity contribution in [3.05, 3.63) is 36.4 Å². The molecule has 0 heterocycles. The largest absolute Gasteiger partial charge is 0.398 e. The first-order valence-corrected chi connectivity index (χ1v) is 6.38. The van der Waals surface area contributed by atoms with Gasteiger partial charge in [0.15, 0.2) is 0 Å². The summed E-state index contributed by atoms with van der Waals surface area (Å²) in [6.07, 6.45) is 0. The van der Waals surface area contributed by atoms with Crippen LogP contribution in [0.25, 0.3) is 32.3 Å². The number of nitrogens with two attached hydrogens (primary N) is 4. The van der Waals surface area contributed by atoms with Crippen molar-refractivity contribution in [3.63, 3.8) is 0 Å². The molecule has 0 spiro atoms. The summed E-state index contributed by atoms with van der Waals surface area (Å²) in [6.45, 7) is 0. The van der Waals surface area contributed by atoms with Crippen LogP contribution in [0.1, 0.15) is 0 Å². The van der Waals surface area contributed by atoms with Crippen molar-refractivity contribution in [2.45, 2.75) is 0 Å². The van der Waals surface area contributed by atoms with E-state index in [0.29, 0.717) is 22.7 Å². The van der Waals surface area contributed by atoms with E-state index in [1.54, 1.807) is 12.1 Å². The number of anilines is 4. The van der Waals surface area contributed by atoms with Gasteiger partial charge in [-0.1, -0.05) is 24.3 Å². The number of benzene rings is 4. The Labute approximate surface area is 127 Å². The third-order valence-corrected chi connectivity index (χ3v) is 4.03. The van der Waals surface area contributed by atoms with Gasteiger partial charge in [0.25, 0.3) is 0 Å². The average Bonchev–Trinajstić information content (AvgIpc) is 2.42. The van der Waals surface area contributed by atoms with E-state index >= 15 is 0 Å². The van der Waals surface area contributed by atoms with E-state index in [-0.39, 0.29) is 12.4 Å². The molecule has 0 aliphatic heterocycles. The van der Waals surface area contributed by atoms with Crippen molar-refractivity contribution < 1.29 is 0 Å². The van der Waals surface area contributed by atoms with Gasteiger partial charge in [-0.05, 0) is 12.1 Å². The molecule has 0 bridgehead atoms. The van der Waals surface area contributed by atoms with Crippen LogP contribution >= 0.6 is 12.4 Å². The minimum atomic E-state index is 0. The second-order valence-electron chi connectivity index (χ2n) is 5.18. The number of halogens is 1. The molecule has 0 radical (unpaired) electrons. The van der Waals surface area contributed by atoms with E-state index in [1.165, 1.54) is 0 Å². The van der Waals surface area contributed by atoms with Gasteiger partial charge in [-0.25, -0.2) is 0 Å². The van der Waals surface area contributed by atoms with Gasteiger partial charge in [-0.3, -0.25) is 0 Å². The number of nitrogen functional groups attached to an aromatic ring is 4. The lowest BCUT2D eigenvalue weighted by Gasteiger charge is -2.16. The van der Waals surface area contributed by atoms with E-state index in [0.717, 1.165) is 32.3 Å². The fourth-order valence-corrected chi connectivity index (χ4v) is 3.10. The van der Waals surface area contributed by atoms with E-state index < -0.39 is 0 Å². The molecule has 4 aromatic carbocycles. The van der Waals surface area contributed by atoms with Gasteiger partial charge >= 0.3 is 0 Å². The molecule has 4 nitrogen and oxygen atoms in total. The predicted octanol–water partition coefficient (Wildman–Crippen LogP) is 3.33.